The van der Waals surface area contributed by atoms with Gasteiger partial charge in [-0.3, -0.25) is 0 Å². The van der Waals surface area contributed by atoms with Crippen LogP contribution in [0.5, 0.6) is 5.75 Å². The summed E-state index contributed by atoms with van der Waals surface area (Å²) in [6, 6.07) is 87.8. The smallest absolute Gasteiger partial charge is 0.142 e. The molecule has 328 valence electrons. The van der Waals surface area contributed by atoms with Gasteiger partial charge in [-0.25, -0.2) is 0 Å². The van der Waals surface area contributed by atoms with E-state index in [1.807, 2.05) is 18.2 Å². The molecule has 1 spiro atoms. The molecular formula is C68H45NO. The summed E-state index contributed by atoms with van der Waals surface area (Å²) in [5.74, 6) is 0.791. The maximum absolute atomic E-state index is 6.42. The minimum absolute atomic E-state index is 0.486. The standard InChI is InChI=1S/C68H45NO/c1-45-20-15-16-43-70-66-51(45)30-18-31-52(66)46-21-17-24-50(44-46)69(49-41-39-48(40-42-49)67(47-22-3-2-4-23-47)58-32-10-5-25-53(58)54-26-6-11-33-59(54)67)64-38-19-37-63-65(64)57-29-9-14-36-62(57)68(63)60-34-12-7-27-55(60)56-28-8-13-35-61(56)68/h2-44H,1H2/b20-15-,43-16-. The van der Waals surface area contributed by atoms with Crippen LogP contribution in [-0.2, 0) is 10.8 Å². The van der Waals surface area contributed by atoms with Gasteiger partial charge in [-0.1, -0.05) is 225 Å². The molecule has 0 aromatic heterocycles. The first-order valence-corrected chi connectivity index (χ1v) is 24.2. The minimum Gasteiger partial charge on any atom is -0.464 e. The molecule has 70 heavy (non-hydrogen) atoms. The Bertz CT molecular complexity index is 3740. The van der Waals surface area contributed by atoms with Crippen LogP contribution in [0, 0.1) is 0 Å². The van der Waals surface area contributed by atoms with Crippen molar-refractivity contribution in [3.05, 3.63) is 318 Å². The van der Waals surface area contributed by atoms with Crippen LogP contribution in [0.2, 0.25) is 0 Å². The normalized spacial score (nSPS) is 15.5. The molecule has 1 heterocycles. The molecule has 0 amide bonds. The molecule has 2 nitrogen and oxygen atoms in total. The molecule has 0 bridgehead atoms. The summed E-state index contributed by atoms with van der Waals surface area (Å²) in [6.45, 7) is 4.40. The van der Waals surface area contributed by atoms with Gasteiger partial charge in [-0.05, 0) is 120 Å². The number of benzene rings is 10. The van der Waals surface area contributed by atoms with E-state index in [-0.39, 0.29) is 0 Å². The minimum atomic E-state index is -0.516. The van der Waals surface area contributed by atoms with Crippen molar-refractivity contribution in [1.82, 2.24) is 0 Å². The third-order valence-electron chi connectivity index (χ3n) is 15.4. The largest absolute Gasteiger partial charge is 0.464 e. The van der Waals surface area contributed by atoms with E-state index in [2.05, 4.69) is 248 Å². The van der Waals surface area contributed by atoms with Gasteiger partial charge in [-0.2, -0.15) is 0 Å². The number of ether oxygens (including phenoxy) is 1. The SMILES string of the molecule is C=C1/C=C\C=C/Oc2c1cccc2-c1cccc(N(c2ccc(C3(c4ccccc4)c4ccccc4-c4ccccc43)cc2)c2cccc3c2-c2ccccc2C32c3ccccc3-c3ccccc32)c1. The fourth-order valence-corrected chi connectivity index (χ4v) is 12.7. The quantitative estimate of drug-likeness (QED) is 0.165. The first-order chi connectivity index (χ1) is 34.7. The fraction of sp³-hybridized carbons (Fsp3) is 0.0294. The molecule has 4 aliphatic rings. The molecule has 0 saturated carbocycles. The van der Waals surface area contributed by atoms with Gasteiger partial charge in [0.25, 0.3) is 0 Å². The first kappa shape index (κ1) is 40.1. The molecule has 10 aromatic carbocycles. The van der Waals surface area contributed by atoms with Crippen molar-refractivity contribution in [2.75, 3.05) is 4.90 Å². The number of fused-ring (bicyclic) bond motifs is 14. The van der Waals surface area contributed by atoms with Crippen molar-refractivity contribution in [3.63, 3.8) is 0 Å². The molecule has 3 aliphatic carbocycles. The summed E-state index contributed by atoms with van der Waals surface area (Å²) in [4.78, 5) is 2.48. The summed E-state index contributed by atoms with van der Waals surface area (Å²) in [5, 5.41) is 0. The van der Waals surface area contributed by atoms with E-state index in [0.29, 0.717) is 0 Å². The van der Waals surface area contributed by atoms with Crippen LogP contribution >= 0.6 is 0 Å². The lowest BCUT2D eigenvalue weighted by Gasteiger charge is -2.35. The van der Waals surface area contributed by atoms with Crippen LogP contribution in [0.1, 0.15) is 50.1 Å². The molecule has 0 radical (unpaired) electrons. The van der Waals surface area contributed by atoms with Crippen LogP contribution in [0.4, 0.5) is 17.1 Å². The maximum atomic E-state index is 6.42. The second-order valence-electron chi connectivity index (χ2n) is 18.7. The van der Waals surface area contributed by atoms with E-state index in [4.69, 9.17) is 4.74 Å². The van der Waals surface area contributed by atoms with Gasteiger partial charge in [0.2, 0.25) is 0 Å². The highest BCUT2D eigenvalue weighted by molar-refractivity contribution is 6.01. The highest BCUT2D eigenvalue weighted by Crippen LogP contribution is 2.65. The molecule has 0 fully saturated rings. The number of allylic oxidation sites excluding steroid dienone is 4. The van der Waals surface area contributed by atoms with E-state index < -0.39 is 10.8 Å². The average Bonchev–Trinajstić information content (AvgIpc) is 4.02. The fourth-order valence-electron chi connectivity index (χ4n) is 12.7. The van der Waals surface area contributed by atoms with Crippen molar-refractivity contribution >= 4 is 22.6 Å². The third-order valence-corrected chi connectivity index (χ3v) is 15.4. The molecule has 0 unspecified atom stereocenters. The van der Waals surface area contributed by atoms with E-state index >= 15 is 0 Å². The van der Waals surface area contributed by atoms with Crippen molar-refractivity contribution in [3.8, 4) is 50.3 Å². The maximum Gasteiger partial charge on any atom is 0.142 e. The predicted molar refractivity (Wildman–Crippen MR) is 288 cm³/mol. The molecule has 0 atom stereocenters. The van der Waals surface area contributed by atoms with Gasteiger partial charge in [-0.15, -0.1) is 0 Å². The monoisotopic (exact) mass is 891 g/mol. The van der Waals surface area contributed by atoms with Gasteiger partial charge in [0, 0.05) is 28.1 Å². The molecule has 14 rings (SSSR count). The Hall–Kier alpha value is -8.98. The number of hydrogen-bond acceptors (Lipinski definition) is 2. The van der Waals surface area contributed by atoms with E-state index in [1.165, 1.54) is 77.9 Å². The van der Waals surface area contributed by atoms with Gasteiger partial charge >= 0.3 is 0 Å². The van der Waals surface area contributed by atoms with Crippen LogP contribution < -0.4 is 9.64 Å². The molecule has 0 N–H and O–H groups in total. The summed E-state index contributed by atoms with van der Waals surface area (Å²) in [5.41, 5.74) is 24.1. The van der Waals surface area contributed by atoms with Crippen LogP contribution in [0.15, 0.2) is 268 Å². The Morgan fingerprint density at radius 1 is 0.357 bits per heavy atom. The Morgan fingerprint density at radius 3 is 1.49 bits per heavy atom. The average molecular weight is 892 g/mol. The van der Waals surface area contributed by atoms with E-state index in [9.17, 15) is 0 Å². The lowest BCUT2D eigenvalue weighted by molar-refractivity contribution is 0.481. The van der Waals surface area contributed by atoms with Crippen molar-refractivity contribution < 1.29 is 4.74 Å². The third kappa shape index (κ3) is 5.50. The summed E-state index contributed by atoms with van der Waals surface area (Å²) >= 11 is 0. The lowest BCUT2D eigenvalue weighted by Crippen LogP contribution is -2.28. The highest BCUT2D eigenvalue weighted by Gasteiger charge is 2.52. The molecule has 2 heteroatoms. The van der Waals surface area contributed by atoms with Crippen LogP contribution in [-0.4, -0.2) is 0 Å². The lowest BCUT2D eigenvalue weighted by atomic mass is 9.67. The zero-order valence-electron chi connectivity index (χ0n) is 38.4. The zero-order valence-corrected chi connectivity index (χ0v) is 38.4. The van der Waals surface area contributed by atoms with Gasteiger partial charge < -0.3 is 9.64 Å². The first-order valence-electron chi connectivity index (χ1n) is 24.2. The second kappa shape index (κ2) is 15.5. The van der Waals surface area contributed by atoms with Crippen molar-refractivity contribution in [1.29, 1.82) is 0 Å². The molecular weight excluding hydrogens is 847 g/mol. The Kier molecular flexibility index (Phi) is 8.90. The Morgan fingerprint density at radius 2 is 0.843 bits per heavy atom. The Labute approximate surface area is 409 Å². The van der Waals surface area contributed by atoms with Gasteiger partial charge in [0.1, 0.15) is 5.75 Å². The zero-order chi connectivity index (χ0) is 46.4. The summed E-state index contributed by atoms with van der Waals surface area (Å²) in [7, 11) is 0. The van der Waals surface area contributed by atoms with Crippen molar-refractivity contribution in [2.45, 2.75) is 10.8 Å². The van der Waals surface area contributed by atoms with Gasteiger partial charge in [0.15, 0.2) is 0 Å². The van der Waals surface area contributed by atoms with Crippen LogP contribution in [0.25, 0.3) is 50.1 Å². The van der Waals surface area contributed by atoms with Crippen LogP contribution in [0.3, 0.4) is 0 Å². The molecule has 1 aliphatic heterocycles. The highest BCUT2D eigenvalue weighted by atomic mass is 16.5. The molecule has 0 saturated heterocycles. The number of rotatable bonds is 6. The number of hydrogen-bond donors (Lipinski definition) is 0. The second-order valence-corrected chi connectivity index (χ2v) is 18.7. The molecule has 10 aromatic rings. The number of para-hydroxylation sites is 1. The summed E-state index contributed by atoms with van der Waals surface area (Å²) in [6.07, 6.45) is 7.68. The van der Waals surface area contributed by atoms with E-state index in [1.54, 1.807) is 6.26 Å². The number of nitrogens with zero attached hydrogens (tertiary/aromatic N) is 1. The number of anilines is 3. The predicted octanol–water partition coefficient (Wildman–Crippen LogP) is 17.0. The van der Waals surface area contributed by atoms with Gasteiger partial charge in [0.05, 0.1) is 22.8 Å². The van der Waals surface area contributed by atoms with Crippen molar-refractivity contribution in [2.24, 2.45) is 0 Å². The van der Waals surface area contributed by atoms with E-state index in [0.717, 1.165) is 45.1 Å². The topological polar surface area (TPSA) is 12.5 Å². The summed E-state index contributed by atoms with van der Waals surface area (Å²) < 4.78 is 6.42. The Balaban J connectivity index is 1.02.